The number of hydrogen-bond acceptors (Lipinski definition) is 4. The Morgan fingerprint density at radius 3 is 2.80 bits per heavy atom. The highest BCUT2D eigenvalue weighted by molar-refractivity contribution is 7.12. The van der Waals surface area contributed by atoms with Crippen LogP contribution in [0.3, 0.4) is 0 Å². The van der Waals surface area contributed by atoms with Crippen molar-refractivity contribution in [3.05, 3.63) is 52.2 Å². The molecule has 6 heteroatoms. The number of ether oxygens (including phenoxy) is 1. The molecule has 0 aliphatic carbocycles. The molecule has 0 radical (unpaired) electrons. The molecule has 0 spiro atoms. The fraction of sp³-hybridized carbons (Fsp3) is 0.368. The molecule has 5 nitrogen and oxygen atoms in total. The standard InChI is InChI=1S/C19H22N2O3S/c1-13(14-7-3-4-9-16(14)24-2)20-18(22)15-8-5-11-21(15)19(23)17-10-6-12-25-17/h3-4,6-7,9-10,12-13,15H,5,8,11H2,1-2H3,(H,20,22). The molecule has 2 unspecified atom stereocenters. The van der Waals surface area contributed by atoms with Gasteiger partial charge in [-0.25, -0.2) is 0 Å². The number of carbonyl (C=O) groups excluding carboxylic acids is 2. The summed E-state index contributed by atoms with van der Waals surface area (Å²) in [5.74, 6) is 0.576. The minimum atomic E-state index is -0.410. The molecular weight excluding hydrogens is 336 g/mol. The predicted octanol–water partition coefficient (Wildman–Crippen LogP) is 3.24. The van der Waals surface area contributed by atoms with E-state index in [1.807, 2.05) is 42.6 Å². The lowest BCUT2D eigenvalue weighted by molar-refractivity contribution is -0.125. The van der Waals surface area contributed by atoms with Gasteiger partial charge in [0.25, 0.3) is 5.91 Å². The maximum atomic E-state index is 12.8. The Morgan fingerprint density at radius 1 is 1.28 bits per heavy atom. The lowest BCUT2D eigenvalue weighted by atomic mass is 10.1. The first kappa shape index (κ1) is 17.5. The van der Waals surface area contributed by atoms with E-state index in [1.54, 1.807) is 18.1 Å². The van der Waals surface area contributed by atoms with Crippen LogP contribution in [0.5, 0.6) is 5.75 Å². The summed E-state index contributed by atoms with van der Waals surface area (Å²) in [5.41, 5.74) is 0.924. The van der Waals surface area contributed by atoms with E-state index in [0.29, 0.717) is 17.8 Å². The number of para-hydroxylation sites is 1. The van der Waals surface area contributed by atoms with Crippen molar-refractivity contribution in [2.45, 2.75) is 31.8 Å². The first-order valence-electron chi connectivity index (χ1n) is 8.39. The second-order valence-corrected chi connectivity index (χ2v) is 7.05. The van der Waals surface area contributed by atoms with Crippen LogP contribution in [0.25, 0.3) is 0 Å². The first-order chi connectivity index (χ1) is 12.1. The largest absolute Gasteiger partial charge is 0.496 e. The number of thiophene rings is 1. The minimum absolute atomic E-state index is 0.0578. The average molecular weight is 358 g/mol. The van der Waals surface area contributed by atoms with Crippen LogP contribution < -0.4 is 10.1 Å². The Kier molecular flexibility index (Phi) is 5.38. The molecule has 1 aromatic heterocycles. The third kappa shape index (κ3) is 3.69. The van der Waals surface area contributed by atoms with Crippen molar-refractivity contribution in [3.63, 3.8) is 0 Å². The van der Waals surface area contributed by atoms with Gasteiger partial charge in [0, 0.05) is 12.1 Å². The van der Waals surface area contributed by atoms with Gasteiger partial charge in [-0.3, -0.25) is 9.59 Å². The normalized spacial score (nSPS) is 18.0. The molecular formula is C19H22N2O3S. The fourth-order valence-electron chi connectivity index (χ4n) is 3.24. The number of hydrogen-bond donors (Lipinski definition) is 1. The molecule has 1 aliphatic heterocycles. The Morgan fingerprint density at radius 2 is 2.08 bits per heavy atom. The zero-order valence-electron chi connectivity index (χ0n) is 14.4. The van der Waals surface area contributed by atoms with Gasteiger partial charge in [0.1, 0.15) is 11.8 Å². The van der Waals surface area contributed by atoms with Gasteiger partial charge in [-0.1, -0.05) is 24.3 Å². The molecule has 2 amide bonds. The van der Waals surface area contributed by atoms with Crippen LogP contribution in [-0.2, 0) is 4.79 Å². The number of likely N-dealkylation sites (tertiary alicyclic amines) is 1. The van der Waals surface area contributed by atoms with Crippen LogP contribution in [0.4, 0.5) is 0 Å². The Hall–Kier alpha value is -2.34. The van der Waals surface area contributed by atoms with Crippen LogP contribution in [0.1, 0.15) is 41.0 Å². The first-order valence-corrected chi connectivity index (χ1v) is 9.27. The summed E-state index contributed by atoms with van der Waals surface area (Å²) in [4.78, 5) is 27.8. The molecule has 1 N–H and O–H groups in total. The van der Waals surface area contributed by atoms with Crippen molar-refractivity contribution in [1.82, 2.24) is 10.2 Å². The van der Waals surface area contributed by atoms with E-state index in [1.165, 1.54) is 11.3 Å². The molecule has 2 atom stereocenters. The molecule has 25 heavy (non-hydrogen) atoms. The summed E-state index contributed by atoms with van der Waals surface area (Å²) in [7, 11) is 1.62. The maximum Gasteiger partial charge on any atom is 0.264 e. The molecule has 1 fully saturated rings. The lowest BCUT2D eigenvalue weighted by Crippen LogP contribution is -2.46. The van der Waals surface area contributed by atoms with Gasteiger partial charge in [-0.05, 0) is 37.3 Å². The smallest absolute Gasteiger partial charge is 0.264 e. The van der Waals surface area contributed by atoms with Crippen molar-refractivity contribution >= 4 is 23.2 Å². The molecule has 3 rings (SSSR count). The molecule has 2 aromatic rings. The van der Waals surface area contributed by atoms with Gasteiger partial charge in [0.05, 0.1) is 18.0 Å². The van der Waals surface area contributed by atoms with E-state index in [4.69, 9.17) is 4.74 Å². The van der Waals surface area contributed by atoms with E-state index in [2.05, 4.69) is 5.32 Å². The number of nitrogens with one attached hydrogen (secondary N) is 1. The summed E-state index contributed by atoms with van der Waals surface area (Å²) in [6, 6.07) is 10.7. The van der Waals surface area contributed by atoms with Crippen molar-refractivity contribution in [1.29, 1.82) is 0 Å². The van der Waals surface area contributed by atoms with Crippen molar-refractivity contribution in [2.75, 3.05) is 13.7 Å². The summed E-state index contributed by atoms with van der Waals surface area (Å²) < 4.78 is 5.37. The molecule has 1 aliphatic rings. The van der Waals surface area contributed by atoms with Gasteiger partial charge >= 0.3 is 0 Å². The van der Waals surface area contributed by atoms with E-state index in [0.717, 1.165) is 17.7 Å². The van der Waals surface area contributed by atoms with Crippen molar-refractivity contribution in [3.8, 4) is 5.75 Å². The zero-order chi connectivity index (χ0) is 17.8. The van der Waals surface area contributed by atoms with Gasteiger partial charge in [0.2, 0.25) is 5.91 Å². The van der Waals surface area contributed by atoms with Crippen molar-refractivity contribution in [2.24, 2.45) is 0 Å². The van der Waals surface area contributed by atoms with Crippen LogP contribution in [-0.4, -0.2) is 36.4 Å². The number of amides is 2. The number of methoxy groups -OCH3 is 1. The monoisotopic (exact) mass is 358 g/mol. The summed E-state index contributed by atoms with van der Waals surface area (Å²) in [6.07, 6.45) is 1.54. The molecule has 0 bridgehead atoms. The van der Waals surface area contributed by atoms with Gasteiger partial charge in [0.15, 0.2) is 0 Å². The SMILES string of the molecule is COc1ccccc1C(C)NC(=O)C1CCCN1C(=O)c1cccs1. The van der Waals surface area contributed by atoms with Crippen molar-refractivity contribution < 1.29 is 14.3 Å². The van der Waals surface area contributed by atoms with Crippen LogP contribution in [0.15, 0.2) is 41.8 Å². The minimum Gasteiger partial charge on any atom is -0.496 e. The predicted molar refractivity (Wildman–Crippen MR) is 97.9 cm³/mol. The average Bonchev–Trinajstić information content (AvgIpc) is 3.32. The van der Waals surface area contributed by atoms with Crippen LogP contribution in [0, 0.1) is 0 Å². The van der Waals surface area contributed by atoms with Crippen LogP contribution >= 0.6 is 11.3 Å². The topological polar surface area (TPSA) is 58.6 Å². The fourth-order valence-corrected chi connectivity index (χ4v) is 3.91. The summed E-state index contributed by atoms with van der Waals surface area (Å²) >= 11 is 1.41. The highest BCUT2D eigenvalue weighted by Gasteiger charge is 2.35. The summed E-state index contributed by atoms with van der Waals surface area (Å²) in [5, 5.41) is 4.91. The molecule has 0 saturated carbocycles. The number of benzene rings is 1. The molecule has 1 saturated heterocycles. The van der Waals surface area contributed by atoms with E-state index >= 15 is 0 Å². The third-order valence-corrected chi connectivity index (χ3v) is 5.37. The quantitative estimate of drug-likeness (QED) is 0.893. The molecule has 2 heterocycles. The second-order valence-electron chi connectivity index (χ2n) is 6.11. The maximum absolute atomic E-state index is 12.8. The van der Waals surface area contributed by atoms with Crippen LogP contribution in [0.2, 0.25) is 0 Å². The Labute approximate surface area is 151 Å². The van der Waals surface area contributed by atoms with E-state index in [9.17, 15) is 9.59 Å². The number of nitrogens with zero attached hydrogens (tertiary/aromatic N) is 1. The zero-order valence-corrected chi connectivity index (χ0v) is 15.2. The van der Waals surface area contributed by atoms with E-state index in [-0.39, 0.29) is 17.9 Å². The highest BCUT2D eigenvalue weighted by Crippen LogP contribution is 2.26. The lowest BCUT2D eigenvalue weighted by Gasteiger charge is -2.25. The number of carbonyl (C=O) groups is 2. The number of rotatable bonds is 5. The molecule has 1 aromatic carbocycles. The second kappa shape index (κ2) is 7.70. The highest BCUT2D eigenvalue weighted by atomic mass is 32.1. The summed E-state index contributed by atoms with van der Waals surface area (Å²) in [6.45, 7) is 2.55. The van der Waals surface area contributed by atoms with Gasteiger partial charge < -0.3 is 15.0 Å². The Bertz CT molecular complexity index is 745. The van der Waals surface area contributed by atoms with Gasteiger partial charge in [-0.15, -0.1) is 11.3 Å². The molecule has 132 valence electrons. The Balaban J connectivity index is 1.70. The van der Waals surface area contributed by atoms with Gasteiger partial charge in [-0.2, -0.15) is 0 Å². The van der Waals surface area contributed by atoms with E-state index < -0.39 is 6.04 Å². The third-order valence-electron chi connectivity index (χ3n) is 4.51.